The molecule has 0 nitrogen and oxygen atoms in total. The molecule has 0 N–H and O–H groups in total. The van der Waals surface area contributed by atoms with Crippen molar-refractivity contribution in [2.75, 3.05) is 0 Å². The van der Waals surface area contributed by atoms with Crippen LogP contribution in [0.4, 0.5) is 4.39 Å². The summed E-state index contributed by atoms with van der Waals surface area (Å²) in [6.45, 7) is 0. The lowest BCUT2D eigenvalue weighted by molar-refractivity contribution is 0.161. The number of hydrogen-bond acceptors (Lipinski definition) is 0. The Morgan fingerprint density at radius 1 is 0.900 bits per heavy atom. The van der Waals surface area contributed by atoms with Crippen LogP contribution < -0.4 is 0 Å². The van der Waals surface area contributed by atoms with Gasteiger partial charge in [0.2, 0.25) is 0 Å². The normalized spacial score (nSPS) is 47.1. The van der Waals surface area contributed by atoms with Gasteiger partial charge in [-0.2, -0.15) is 0 Å². The van der Waals surface area contributed by atoms with Crippen molar-refractivity contribution in [2.45, 2.75) is 44.7 Å². The molecule has 3 atom stereocenters. The quantitative estimate of drug-likeness (QED) is 0.488. The summed E-state index contributed by atoms with van der Waals surface area (Å²) in [5, 5.41) is 0. The molecule has 0 saturated heterocycles. The predicted octanol–water partition coefficient (Wildman–Crippen LogP) is 2.92. The van der Waals surface area contributed by atoms with Gasteiger partial charge < -0.3 is 0 Å². The molecule has 0 aromatic rings. The van der Waals surface area contributed by atoms with Crippen molar-refractivity contribution in [3.05, 3.63) is 0 Å². The Kier molecular flexibility index (Phi) is 1.67. The Morgan fingerprint density at radius 3 is 2.60 bits per heavy atom. The van der Waals surface area contributed by atoms with Gasteiger partial charge >= 0.3 is 0 Å². The van der Waals surface area contributed by atoms with Gasteiger partial charge in [-0.15, -0.1) is 0 Å². The van der Waals surface area contributed by atoms with Crippen molar-refractivity contribution >= 4 is 0 Å². The van der Waals surface area contributed by atoms with Crippen LogP contribution in [-0.2, 0) is 0 Å². The van der Waals surface area contributed by atoms with E-state index < -0.39 is 6.17 Å². The van der Waals surface area contributed by atoms with Gasteiger partial charge in [-0.05, 0) is 31.1 Å². The molecule has 1 heteroatoms. The molecule has 2 rings (SSSR count). The van der Waals surface area contributed by atoms with Crippen molar-refractivity contribution in [1.82, 2.24) is 0 Å². The first-order valence-corrected chi connectivity index (χ1v) is 4.50. The summed E-state index contributed by atoms with van der Waals surface area (Å²) in [7, 11) is 0. The van der Waals surface area contributed by atoms with Gasteiger partial charge in [-0.3, -0.25) is 0 Å². The van der Waals surface area contributed by atoms with Crippen LogP contribution in [0.3, 0.4) is 0 Å². The van der Waals surface area contributed by atoms with E-state index in [1.807, 2.05) is 0 Å². The zero-order valence-electron chi connectivity index (χ0n) is 6.35. The SMILES string of the molecule is F[C@H]1CCC2CCCC2C1. The molecule has 2 unspecified atom stereocenters. The molecule has 2 aliphatic rings. The number of hydrogen-bond donors (Lipinski definition) is 0. The maximum atomic E-state index is 12.8. The highest BCUT2D eigenvalue weighted by atomic mass is 19.1. The lowest BCUT2D eigenvalue weighted by Gasteiger charge is -2.27. The molecular formula is C9H15F. The Labute approximate surface area is 61.8 Å². The number of fused-ring (bicyclic) bond motifs is 1. The summed E-state index contributed by atoms with van der Waals surface area (Å²) in [6, 6.07) is 0. The van der Waals surface area contributed by atoms with Gasteiger partial charge in [-0.25, -0.2) is 4.39 Å². The van der Waals surface area contributed by atoms with Crippen molar-refractivity contribution in [2.24, 2.45) is 11.8 Å². The van der Waals surface area contributed by atoms with E-state index in [2.05, 4.69) is 0 Å². The number of rotatable bonds is 0. The van der Waals surface area contributed by atoms with Crippen LogP contribution in [0.5, 0.6) is 0 Å². The lowest BCUT2D eigenvalue weighted by atomic mass is 9.81. The predicted molar refractivity (Wildman–Crippen MR) is 39.6 cm³/mol. The average Bonchev–Trinajstić information content (AvgIpc) is 2.33. The first kappa shape index (κ1) is 6.63. The maximum absolute atomic E-state index is 12.8. The molecule has 0 radical (unpaired) electrons. The van der Waals surface area contributed by atoms with Gasteiger partial charge in [-0.1, -0.05) is 19.3 Å². The van der Waals surface area contributed by atoms with Gasteiger partial charge in [0.05, 0.1) is 0 Å². The number of alkyl halides is 1. The highest BCUT2D eigenvalue weighted by molar-refractivity contribution is 4.84. The molecule has 0 heterocycles. The van der Waals surface area contributed by atoms with E-state index in [-0.39, 0.29) is 0 Å². The summed E-state index contributed by atoms with van der Waals surface area (Å²) in [4.78, 5) is 0. The van der Waals surface area contributed by atoms with E-state index in [0.29, 0.717) is 0 Å². The van der Waals surface area contributed by atoms with Crippen LogP contribution in [0.1, 0.15) is 38.5 Å². The molecule has 10 heavy (non-hydrogen) atoms. The van der Waals surface area contributed by atoms with Crippen LogP contribution in [0.2, 0.25) is 0 Å². The summed E-state index contributed by atoms with van der Waals surface area (Å²) >= 11 is 0. The molecule has 2 fully saturated rings. The molecule has 0 amide bonds. The summed E-state index contributed by atoms with van der Waals surface area (Å²) in [6.07, 6.45) is 6.50. The zero-order valence-corrected chi connectivity index (χ0v) is 6.35. The Morgan fingerprint density at radius 2 is 1.70 bits per heavy atom. The van der Waals surface area contributed by atoms with Gasteiger partial charge in [0, 0.05) is 0 Å². The first-order chi connectivity index (χ1) is 4.86. The minimum Gasteiger partial charge on any atom is -0.247 e. The molecule has 0 aromatic carbocycles. The third-order valence-electron chi connectivity index (χ3n) is 3.23. The third kappa shape index (κ3) is 1.06. The molecule has 0 aliphatic heterocycles. The van der Waals surface area contributed by atoms with Crippen LogP contribution in [0.15, 0.2) is 0 Å². The molecule has 0 aromatic heterocycles. The van der Waals surface area contributed by atoms with E-state index in [0.717, 1.165) is 24.7 Å². The van der Waals surface area contributed by atoms with Gasteiger partial charge in [0.15, 0.2) is 0 Å². The summed E-state index contributed by atoms with van der Waals surface area (Å²) < 4.78 is 12.8. The average molecular weight is 142 g/mol. The molecule has 0 spiro atoms. The highest BCUT2D eigenvalue weighted by Gasteiger charge is 2.33. The van der Waals surface area contributed by atoms with E-state index in [9.17, 15) is 4.39 Å². The van der Waals surface area contributed by atoms with Crippen molar-refractivity contribution in [3.63, 3.8) is 0 Å². The third-order valence-corrected chi connectivity index (χ3v) is 3.23. The monoisotopic (exact) mass is 142 g/mol. The fraction of sp³-hybridized carbons (Fsp3) is 1.00. The van der Waals surface area contributed by atoms with E-state index in [1.54, 1.807) is 0 Å². The maximum Gasteiger partial charge on any atom is 0.100 e. The first-order valence-electron chi connectivity index (χ1n) is 4.50. The molecule has 2 saturated carbocycles. The molecular weight excluding hydrogens is 127 g/mol. The minimum absolute atomic E-state index is 0.459. The number of halogens is 1. The van der Waals surface area contributed by atoms with Crippen molar-refractivity contribution in [3.8, 4) is 0 Å². The molecule has 2 aliphatic carbocycles. The second kappa shape index (κ2) is 2.52. The Bertz CT molecular complexity index is 122. The largest absolute Gasteiger partial charge is 0.247 e. The topological polar surface area (TPSA) is 0 Å². The van der Waals surface area contributed by atoms with Crippen LogP contribution in [-0.4, -0.2) is 6.17 Å². The highest BCUT2D eigenvalue weighted by Crippen LogP contribution is 2.42. The second-order valence-corrected chi connectivity index (χ2v) is 3.86. The van der Waals surface area contributed by atoms with Gasteiger partial charge in [0.25, 0.3) is 0 Å². The molecule has 58 valence electrons. The second-order valence-electron chi connectivity index (χ2n) is 3.86. The van der Waals surface area contributed by atoms with Crippen LogP contribution in [0.25, 0.3) is 0 Å². The fourth-order valence-electron chi connectivity index (χ4n) is 2.65. The lowest BCUT2D eigenvalue weighted by Crippen LogP contribution is -2.21. The van der Waals surface area contributed by atoms with Crippen LogP contribution >= 0.6 is 0 Å². The van der Waals surface area contributed by atoms with E-state index in [1.165, 1.54) is 25.7 Å². The zero-order chi connectivity index (χ0) is 6.97. The molecule has 0 bridgehead atoms. The standard InChI is InChI=1S/C9H15F/c10-9-5-4-7-2-1-3-8(7)6-9/h7-9H,1-6H2/t7?,8?,9-/m0/s1. The van der Waals surface area contributed by atoms with E-state index >= 15 is 0 Å². The van der Waals surface area contributed by atoms with Gasteiger partial charge in [0.1, 0.15) is 6.17 Å². The van der Waals surface area contributed by atoms with Crippen molar-refractivity contribution in [1.29, 1.82) is 0 Å². The summed E-state index contributed by atoms with van der Waals surface area (Å²) in [5.41, 5.74) is 0. The van der Waals surface area contributed by atoms with Crippen LogP contribution in [0, 0.1) is 11.8 Å². The smallest absolute Gasteiger partial charge is 0.100 e. The summed E-state index contributed by atoms with van der Waals surface area (Å²) in [5.74, 6) is 1.68. The minimum atomic E-state index is -0.459. The van der Waals surface area contributed by atoms with Crippen molar-refractivity contribution < 1.29 is 4.39 Å². The fourth-order valence-corrected chi connectivity index (χ4v) is 2.65. The Hall–Kier alpha value is -0.0700. The Balaban J connectivity index is 1.96. The van der Waals surface area contributed by atoms with E-state index in [4.69, 9.17) is 0 Å².